The van der Waals surface area contributed by atoms with Crippen LogP contribution in [0, 0.1) is 0 Å². The van der Waals surface area contributed by atoms with Crippen molar-refractivity contribution in [2.75, 3.05) is 6.61 Å². The van der Waals surface area contributed by atoms with Crippen LogP contribution in [-0.4, -0.2) is 28.3 Å². The molecule has 0 atom stereocenters. The molecule has 0 aromatic carbocycles. The lowest BCUT2D eigenvalue weighted by Gasteiger charge is -1.99. The highest BCUT2D eigenvalue weighted by molar-refractivity contribution is 6.08. The number of hydrogen-bond acceptors (Lipinski definition) is 4. The van der Waals surface area contributed by atoms with Crippen molar-refractivity contribution >= 4 is 22.8 Å². The average molecular weight is 218 g/mol. The number of aromatic nitrogens is 2. The topological polar surface area (TPSA) is 72.1 Å². The number of carbonyl (C=O) groups is 2. The number of nitrogens with zero attached hydrogens (tertiary/aromatic N) is 1. The number of ether oxygens (including phenoxy) is 1. The van der Waals surface area contributed by atoms with Gasteiger partial charge in [-0.3, -0.25) is 9.59 Å². The predicted octanol–water partition coefficient (Wildman–Crippen LogP) is 1.31. The number of fused-ring (bicyclic) bond motifs is 1. The number of H-pyrrole nitrogens is 1. The van der Waals surface area contributed by atoms with Gasteiger partial charge in [-0.15, -0.1) is 0 Å². The van der Waals surface area contributed by atoms with Crippen LogP contribution in [-0.2, 0) is 9.53 Å². The summed E-state index contributed by atoms with van der Waals surface area (Å²) in [5.74, 6) is -0.708. The smallest absolute Gasteiger partial charge is 0.303 e. The molecule has 2 heterocycles. The molecule has 0 unspecified atom stereocenters. The Morgan fingerprint density at radius 2 is 2.31 bits per heavy atom. The zero-order valence-corrected chi connectivity index (χ0v) is 8.69. The number of ketones is 1. The Bertz CT molecular complexity index is 545. The van der Waals surface area contributed by atoms with Crippen molar-refractivity contribution in [3.05, 3.63) is 30.1 Å². The van der Waals surface area contributed by atoms with Gasteiger partial charge in [0.2, 0.25) is 5.78 Å². The summed E-state index contributed by atoms with van der Waals surface area (Å²) in [5, 5.41) is 0.736. The maximum Gasteiger partial charge on any atom is 0.303 e. The molecule has 0 saturated heterocycles. The second kappa shape index (κ2) is 4.14. The number of aromatic amines is 1. The molecule has 0 aliphatic heterocycles. The maximum absolute atomic E-state index is 11.7. The first kappa shape index (κ1) is 10.4. The second-order valence-corrected chi connectivity index (χ2v) is 3.31. The van der Waals surface area contributed by atoms with E-state index in [1.165, 1.54) is 6.92 Å². The third-order valence-electron chi connectivity index (χ3n) is 2.16. The fourth-order valence-electron chi connectivity index (χ4n) is 1.43. The van der Waals surface area contributed by atoms with E-state index >= 15 is 0 Å². The Labute approximate surface area is 91.4 Å². The van der Waals surface area contributed by atoms with Gasteiger partial charge < -0.3 is 9.72 Å². The van der Waals surface area contributed by atoms with Crippen LogP contribution in [0.25, 0.3) is 11.0 Å². The molecule has 5 nitrogen and oxygen atoms in total. The first-order valence-corrected chi connectivity index (χ1v) is 4.77. The third kappa shape index (κ3) is 1.93. The highest BCUT2D eigenvalue weighted by Crippen LogP contribution is 2.15. The van der Waals surface area contributed by atoms with E-state index in [0.717, 1.165) is 5.39 Å². The van der Waals surface area contributed by atoms with Crippen molar-refractivity contribution in [3.63, 3.8) is 0 Å². The molecule has 16 heavy (non-hydrogen) atoms. The molecule has 0 radical (unpaired) electrons. The molecule has 2 rings (SSSR count). The van der Waals surface area contributed by atoms with Crippen LogP contribution in [0.1, 0.15) is 17.3 Å². The summed E-state index contributed by atoms with van der Waals surface area (Å²) in [6, 6.07) is 3.54. The van der Waals surface area contributed by atoms with E-state index in [9.17, 15) is 9.59 Å². The molecule has 0 bridgehead atoms. The fraction of sp³-hybridized carbons (Fsp3) is 0.182. The number of carbonyl (C=O) groups excluding carboxylic acids is 2. The van der Waals surface area contributed by atoms with Crippen molar-refractivity contribution in [1.29, 1.82) is 0 Å². The van der Waals surface area contributed by atoms with Crippen molar-refractivity contribution < 1.29 is 14.3 Å². The first-order chi connectivity index (χ1) is 7.68. The number of rotatable bonds is 3. The summed E-state index contributed by atoms with van der Waals surface area (Å²) in [5.41, 5.74) is 1.14. The number of esters is 1. The van der Waals surface area contributed by atoms with E-state index < -0.39 is 5.97 Å². The Hall–Kier alpha value is -2.17. The highest BCUT2D eigenvalue weighted by Gasteiger charge is 2.13. The van der Waals surface area contributed by atoms with Gasteiger partial charge in [-0.1, -0.05) is 0 Å². The van der Waals surface area contributed by atoms with Crippen LogP contribution >= 0.6 is 0 Å². The Balaban J connectivity index is 2.26. The second-order valence-electron chi connectivity index (χ2n) is 3.31. The highest BCUT2D eigenvalue weighted by atomic mass is 16.5. The predicted molar refractivity (Wildman–Crippen MR) is 57.1 cm³/mol. The van der Waals surface area contributed by atoms with Crippen LogP contribution in [0.15, 0.2) is 24.5 Å². The minimum Gasteiger partial charge on any atom is -0.457 e. The quantitative estimate of drug-likeness (QED) is 0.622. The lowest BCUT2D eigenvalue weighted by atomic mass is 10.1. The van der Waals surface area contributed by atoms with Gasteiger partial charge in [-0.25, -0.2) is 4.98 Å². The van der Waals surface area contributed by atoms with E-state index in [2.05, 4.69) is 14.7 Å². The largest absolute Gasteiger partial charge is 0.457 e. The van der Waals surface area contributed by atoms with Gasteiger partial charge in [-0.2, -0.15) is 0 Å². The van der Waals surface area contributed by atoms with Gasteiger partial charge in [0, 0.05) is 30.3 Å². The van der Waals surface area contributed by atoms with E-state index in [-0.39, 0.29) is 12.4 Å². The van der Waals surface area contributed by atoms with Gasteiger partial charge in [0.15, 0.2) is 6.61 Å². The third-order valence-corrected chi connectivity index (χ3v) is 2.16. The summed E-state index contributed by atoms with van der Waals surface area (Å²) in [7, 11) is 0. The van der Waals surface area contributed by atoms with Gasteiger partial charge in [-0.05, 0) is 12.1 Å². The van der Waals surface area contributed by atoms with Crippen LogP contribution < -0.4 is 0 Å². The van der Waals surface area contributed by atoms with Crippen LogP contribution in [0.5, 0.6) is 0 Å². The van der Waals surface area contributed by atoms with Gasteiger partial charge in [0.1, 0.15) is 5.65 Å². The Morgan fingerprint density at radius 1 is 1.50 bits per heavy atom. The molecule has 0 amide bonds. The van der Waals surface area contributed by atoms with Crippen LogP contribution in [0.3, 0.4) is 0 Å². The van der Waals surface area contributed by atoms with Crippen molar-refractivity contribution in [3.8, 4) is 0 Å². The van der Waals surface area contributed by atoms with Crippen molar-refractivity contribution in [1.82, 2.24) is 9.97 Å². The molecule has 2 aromatic heterocycles. The number of nitrogens with one attached hydrogen (secondary N) is 1. The van der Waals surface area contributed by atoms with Gasteiger partial charge in [0.05, 0.1) is 0 Å². The minimum absolute atomic E-state index is 0.239. The molecule has 0 spiro atoms. The SMILES string of the molecule is CC(=O)OCC(=O)c1c[nH]c2ncccc12. The van der Waals surface area contributed by atoms with E-state index in [0.29, 0.717) is 11.2 Å². The normalized spacial score (nSPS) is 10.3. The standard InChI is InChI=1S/C11H10N2O3/c1-7(14)16-6-10(15)9-5-13-11-8(9)3-2-4-12-11/h2-5H,6H2,1H3,(H,12,13). The lowest BCUT2D eigenvalue weighted by molar-refractivity contribution is -0.139. The Kier molecular flexibility index (Phi) is 2.68. The lowest BCUT2D eigenvalue weighted by Crippen LogP contribution is -2.11. The Morgan fingerprint density at radius 3 is 3.06 bits per heavy atom. The zero-order valence-electron chi connectivity index (χ0n) is 8.69. The minimum atomic E-state index is -0.466. The van der Waals surface area contributed by atoms with Gasteiger partial charge in [0.25, 0.3) is 0 Å². The monoisotopic (exact) mass is 218 g/mol. The van der Waals surface area contributed by atoms with Crippen molar-refractivity contribution in [2.45, 2.75) is 6.92 Å². The summed E-state index contributed by atoms with van der Waals surface area (Å²) in [6.07, 6.45) is 3.21. The van der Waals surface area contributed by atoms with E-state index in [4.69, 9.17) is 0 Å². The molecule has 82 valence electrons. The number of Topliss-reactive ketones (excluding diaryl/α,β-unsaturated/α-hetero) is 1. The van der Waals surface area contributed by atoms with Crippen LogP contribution in [0.4, 0.5) is 0 Å². The number of pyridine rings is 1. The summed E-state index contributed by atoms with van der Waals surface area (Å²) < 4.78 is 4.65. The molecule has 0 saturated carbocycles. The van der Waals surface area contributed by atoms with Crippen molar-refractivity contribution in [2.24, 2.45) is 0 Å². The van der Waals surface area contributed by atoms with Crippen LogP contribution in [0.2, 0.25) is 0 Å². The summed E-state index contributed by atoms with van der Waals surface area (Å²) in [6.45, 7) is 1.03. The summed E-state index contributed by atoms with van der Waals surface area (Å²) >= 11 is 0. The molecule has 1 N–H and O–H groups in total. The molecule has 0 aliphatic carbocycles. The fourth-order valence-corrected chi connectivity index (χ4v) is 1.43. The molecule has 2 aromatic rings. The molecular weight excluding hydrogens is 208 g/mol. The first-order valence-electron chi connectivity index (χ1n) is 4.77. The molecular formula is C11H10N2O3. The number of hydrogen-bond donors (Lipinski definition) is 1. The molecule has 0 aliphatic rings. The molecule has 0 fully saturated rings. The van der Waals surface area contributed by atoms with E-state index in [1.54, 1.807) is 24.5 Å². The van der Waals surface area contributed by atoms with E-state index in [1.807, 2.05) is 0 Å². The van der Waals surface area contributed by atoms with Gasteiger partial charge >= 0.3 is 5.97 Å². The average Bonchev–Trinajstić information content (AvgIpc) is 2.69. The molecule has 5 heteroatoms. The maximum atomic E-state index is 11.7. The zero-order chi connectivity index (χ0) is 11.5. The summed E-state index contributed by atoms with van der Waals surface area (Å²) in [4.78, 5) is 29.2.